The number of pyridine rings is 1. The molecule has 156 valence electrons. The largest absolute Gasteiger partial charge is 0.494 e. The van der Waals surface area contributed by atoms with Gasteiger partial charge in [-0.25, -0.2) is 8.42 Å². The lowest BCUT2D eigenvalue weighted by Gasteiger charge is -2.24. The first kappa shape index (κ1) is 21.3. The van der Waals surface area contributed by atoms with E-state index < -0.39 is 15.9 Å². The number of amides is 1. The summed E-state index contributed by atoms with van der Waals surface area (Å²) in [5, 5.41) is 2.72. The van der Waals surface area contributed by atoms with Crippen LogP contribution in [0.2, 0.25) is 0 Å². The van der Waals surface area contributed by atoms with Crippen molar-refractivity contribution in [3.8, 4) is 5.75 Å². The zero-order chi connectivity index (χ0) is 21.4. The van der Waals surface area contributed by atoms with E-state index in [0.29, 0.717) is 23.7 Å². The van der Waals surface area contributed by atoms with Crippen LogP contribution in [-0.4, -0.2) is 32.5 Å². The number of benzene rings is 2. The van der Waals surface area contributed by atoms with E-state index in [-0.39, 0.29) is 18.0 Å². The normalized spacial score (nSPS) is 11.0. The van der Waals surface area contributed by atoms with Crippen LogP contribution in [0.3, 0.4) is 0 Å². The molecular formula is C22H23N3O4S. The van der Waals surface area contributed by atoms with Crippen molar-refractivity contribution in [2.24, 2.45) is 0 Å². The van der Waals surface area contributed by atoms with Crippen molar-refractivity contribution in [1.29, 1.82) is 0 Å². The second-order valence-electron chi connectivity index (χ2n) is 6.35. The standard InChI is InChI=1S/C22H23N3O4S/c1-2-29-20-11-13-21(14-12-20)30(27,28)25(19-9-4-3-5-10-19)17-22(26)24-16-18-8-6-7-15-23-18/h3-15H,2,16-17H2,1H3,(H,24,26). The monoisotopic (exact) mass is 425 g/mol. The van der Waals surface area contributed by atoms with Gasteiger partial charge < -0.3 is 10.1 Å². The molecule has 30 heavy (non-hydrogen) atoms. The Morgan fingerprint density at radius 3 is 2.33 bits per heavy atom. The number of ether oxygens (including phenoxy) is 1. The Hall–Kier alpha value is -3.39. The molecule has 0 radical (unpaired) electrons. The smallest absolute Gasteiger partial charge is 0.264 e. The molecule has 1 amide bonds. The summed E-state index contributed by atoms with van der Waals surface area (Å²) in [6.45, 7) is 2.20. The first-order valence-electron chi connectivity index (χ1n) is 9.48. The highest BCUT2D eigenvalue weighted by Gasteiger charge is 2.27. The lowest BCUT2D eigenvalue weighted by molar-refractivity contribution is -0.119. The van der Waals surface area contributed by atoms with Gasteiger partial charge in [-0.3, -0.25) is 14.1 Å². The van der Waals surface area contributed by atoms with E-state index >= 15 is 0 Å². The van der Waals surface area contributed by atoms with E-state index in [2.05, 4.69) is 10.3 Å². The molecule has 0 saturated carbocycles. The van der Waals surface area contributed by atoms with Gasteiger partial charge in [-0.15, -0.1) is 0 Å². The minimum atomic E-state index is -3.96. The molecular weight excluding hydrogens is 402 g/mol. The minimum absolute atomic E-state index is 0.0762. The van der Waals surface area contributed by atoms with Crippen molar-refractivity contribution in [2.75, 3.05) is 17.5 Å². The first-order valence-corrected chi connectivity index (χ1v) is 10.9. The highest BCUT2D eigenvalue weighted by Crippen LogP contribution is 2.25. The number of anilines is 1. The predicted molar refractivity (Wildman–Crippen MR) is 115 cm³/mol. The summed E-state index contributed by atoms with van der Waals surface area (Å²) < 4.78 is 33.1. The van der Waals surface area contributed by atoms with Crippen molar-refractivity contribution in [2.45, 2.75) is 18.4 Å². The van der Waals surface area contributed by atoms with Crippen LogP contribution in [0.15, 0.2) is 83.9 Å². The Morgan fingerprint density at radius 2 is 1.70 bits per heavy atom. The number of rotatable bonds is 9. The lowest BCUT2D eigenvalue weighted by atomic mass is 10.3. The number of carbonyl (C=O) groups is 1. The summed E-state index contributed by atoms with van der Waals surface area (Å²) in [6.07, 6.45) is 1.63. The van der Waals surface area contributed by atoms with E-state index in [1.54, 1.807) is 60.8 Å². The third-order valence-corrected chi connectivity index (χ3v) is 6.04. The topological polar surface area (TPSA) is 88.6 Å². The maximum atomic E-state index is 13.3. The molecule has 0 aliphatic carbocycles. The fourth-order valence-corrected chi connectivity index (χ4v) is 4.21. The summed E-state index contributed by atoms with van der Waals surface area (Å²) in [6, 6.07) is 20.1. The van der Waals surface area contributed by atoms with Crippen LogP contribution in [0.1, 0.15) is 12.6 Å². The fourth-order valence-electron chi connectivity index (χ4n) is 2.79. The van der Waals surface area contributed by atoms with Gasteiger partial charge in [0.2, 0.25) is 5.91 Å². The van der Waals surface area contributed by atoms with Gasteiger partial charge in [0, 0.05) is 6.20 Å². The molecule has 8 heteroatoms. The predicted octanol–water partition coefficient (Wildman–Crippen LogP) is 2.99. The van der Waals surface area contributed by atoms with Gasteiger partial charge in [0.05, 0.1) is 29.4 Å². The Kier molecular flexibility index (Phi) is 7.03. The number of nitrogens with one attached hydrogen (secondary N) is 1. The van der Waals surface area contributed by atoms with Crippen LogP contribution in [0, 0.1) is 0 Å². The zero-order valence-corrected chi connectivity index (χ0v) is 17.4. The molecule has 1 N–H and O–H groups in total. The SMILES string of the molecule is CCOc1ccc(S(=O)(=O)N(CC(=O)NCc2ccccn2)c2ccccc2)cc1. The second-order valence-corrected chi connectivity index (χ2v) is 8.21. The molecule has 3 aromatic rings. The zero-order valence-electron chi connectivity index (χ0n) is 16.6. The lowest BCUT2D eigenvalue weighted by Crippen LogP contribution is -2.40. The summed E-state index contributed by atoms with van der Waals surface area (Å²) in [4.78, 5) is 16.8. The van der Waals surface area contributed by atoms with Crippen LogP contribution < -0.4 is 14.4 Å². The molecule has 2 aromatic carbocycles. The molecule has 0 fully saturated rings. The fraction of sp³-hybridized carbons (Fsp3) is 0.182. The van der Waals surface area contributed by atoms with Crippen LogP contribution in [0.25, 0.3) is 0 Å². The van der Waals surface area contributed by atoms with Gasteiger partial charge in [0.1, 0.15) is 12.3 Å². The van der Waals surface area contributed by atoms with Gasteiger partial charge in [-0.1, -0.05) is 24.3 Å². The molecule has 3 rings (SSSR count). The number of aromatic nitrogens is 1. The average Bonchev–Trinajstić information content (AvgIpc) is 2.78. The third kappa shape index (κ3) is 5.36. The number of para-hydroxylation sites is 1. The van der Waals surface area contributed by atoms with Crippen LogP contribution >= 0.6 is 0 Å². The van der Waals surface area contributed by atoms with Crippen LogP contribution in [-0.2, 0) is 21.4 Å². The van der Waals surface area contributed by atoms with Crippen molar-refractivity contribution in [1.82, 2.24) is 10.3 Å². The van der Waals surface area contributed by atoms with E-state index in [4.69, 9.17) is 4.74 Å². The summed E-state index contributed by atoms with van der Waals surface area (Å²) in [5.74, 6) is 0.148. The Labute approximate surface area is 176 Å². The summed E-state index contributed by atoms with van der Waals surface area (Å²) in [7, 11) is -3.96. The molecule has 0 saturated heterocycles. The molecule has 0 aliphatic heterocycles. The minimum Gasteiger partial charge on any atom is -0.494 e. The van der Waals surface area contributed by atoms with Crippen molar-refractivity contribution >= 4 is 21.6 Å². The highest BCUT2D eigenvalue weighted by atomic mass is 32.2. The van der Waals surface area contributed by atoms with E-state index in [1.807, 2.05) is 13.0 Å². The Morgan fingerprint density at radius 1 is 1.00 bits per heavy atom. The average molecular weight is 426 g/mol. The molecule has 7 nitrogen and oxygen atoms in total. The second kappa shape index (κ2) is 9.89. The molecule has 0 atom stereocenters. The molecule has 0 spiro atoms. The van der Waals surface area contributed by atoms with Gasteiger partial charge in [-0.05, 0) is 55.5 Å². The Balaban J connectivity index is 1.82. The van der Waals surface area contributed by atoms with Gasteiger partial charge >= 0.3 is 0 Å². The quantitative estimate of drug-likeness (QED) is 0.569. The first-order chi connectivity index (χ1) is 14.5. The molecule has 0 bridgehead atoms. The Bertz CT molecular complexity index is 1060. The van der Waals surface area contributed by atoms with Gasteiger partial charge in [-0.2, -0.15) is 0 Å². The van der Waals surface area contributed by atoms with Crippen LogP contribution in [0.4, 0.5) is 5.69 Å². The van der Waals surface area contributed by atoms with Crippen LogP contribution in [0.5, 0.6) is 5.75 Å². The molecule has 0 aliphatic rings. The maximum Gasteiger partial charge on any atom is 0.264 e. The van der Waals surface area contributed by atoms with Gasteiger partial charge in [0.25, 0.3) is 10.0 Å². The van der Waals surface area contributed by atoms with E-state index in [0.717, 1.165) is 4.31 Å². The van der Waals surface area contributed by atoms with Crippen molar-refractivity contribution in [3.05, 3.63) is 84.7 Å². The van der Waals surface area contributed by atoms with Crippen molar-refractivity contribution in [3.63, 3.8) is 0 Å². The summed E-state index contributed by atoms with van der Waals surface area (Å²) in [5.41, 5.74) is 1.09. The number of carbonyl (C=O) groups excluding carboxylic acids is 1. The third-order valence-electron chi connectivity index (χ3n) is 4.25. The number of sulfonamides is 1. The number of hydrogen-bond acceptors (Lipinski definition) is 5. The molecule has 0 unspecified atom stereocenters. The van der Waals surface area contributed by atoms with Crippen molar-refractivity contribution < 1.29 is 17.9 Å². The van der Waals surface area contributed by atoms with Gasteiger partial charge in [0.15, 0.2) is 0 Å². The molecule has 1 aromatic heterocycles. The maximum absolute atomic E-state index is 13.3. The molecule has 1 heterocycles. The number of hydrogen-bond donors (Lipinski definition) is 1. The number of nitrogens with zero attached hydrogens (tertiary/aromatic N) is 2. The summed E-state index contributed by atoms with van der Waals surface area (Å²) >= 11 is 0. The highest BCUT2D eigenvalue weighted by molar-refractivity contribution is 7.92. The van der Waals surface area contributed by atoms with E-state index in [9.17, 15) is 13.2 Å². The van der Waals surface area contributed by atoms with E-state index in [1.165, 1.54) is 12.1 Å².